The molecule has 0 aliphatic rings. The number of hydrogen-bond donors (Lipinski definition) is 2. The first kappa shape index (κ1) is 16.2. The second kappa shape index (κ2) is 7.18. The normalized spacial score (nSPS) is 10.2. The first-order valence-corrected chi connectivity index (χ1v) is 7.32. The van der Waals surface area contributed by atoms with Crippen LogP contribution in [-0.4, -0.2) is 13.1 Å². The molecule has 0 saturated carbocycles. The van der Waals surface area contributed by atoms with Crippen LogP contribution in [-0.2, 0) is 6.54 Å². The first-order valence-electron chi connectivity index (χ1n) is 6.94. The minimum atomic E-state index is -0.289. The van der Waals surface area contributed by atoms with E-state index in [1.807, 2.05) is 38.1 Å². The maximum absolute atomic E-state index is 12.1. The van der Waals surface area contributed by atoms with Crippen LogP contribution < -0.4 is 15.4 Å². The summed E-state index contributed by atoms with van der Waals surface area (Å²) in [5.74, 6) is 0.529. The molecule has 2 amide bonds. The van der Waals surface area contributed by atoms with Crippen LogP contribution in [0.5, 0.6) is 5.75 Å². The van der Waals surface area contributed by atoms with Crippen LogP contribution in [0.2, 0.25) is 5.02 Å². The lowest BCUT2D eigenvalue weighted by atomic mass is 10.1. The van der Waals surface area contributed by atoms with Crippen LogP contribution in [0.25, 0.3) is 0 Å². The van der Waals surface area contributed by atoms with Crippen molar-refractivity contribution in [3.05, 3.63) is 58.1 Å². The Kier molecular flexibility index (Phi) is 5.28. The number of anilines is 1. The molecule has 2 rings (SSSR count). The quantitative estimate of drug-likeness (QED) is 0.883. The number of amides is 2. The van der Waals surface area contributed by atoms with Gasteiger partial charge in [-0.25, -0.2) is 4.79 Å². The number of halogens is 1. The fourth-order valence-corrected chi connectivity index (χ4v) is 2.23. The van der Waals surface area contributed by atoms with Gasteiger partial charge in [-0.2, -0.15) is 0 Å². The summed E-state index contributed by atoms with van der Waals surface area (Å²) in [6.45, 7) is 4.35. The molecule has 4 nitrogen and oxygen atoms in total. The lowest BCUT2D eigenvalue weighted by Gasteiger charge is -2.13. The molecule has 0 atom stereocenters. The fraction of sp³-hybridized carbons (Fsp3) is 0.235. The predicted molar refractivity (Wildman–Crippen MR) is 89.8 cm³/mol. The first-order chi connectivity index (χ1) is 10.5. The number of nitrogens with one attached hydrogen (secondary N) is 2. The number of carbonyl (C=O) groups is 1. The molecule has 0 unspecified atom stereocenters. The number of carbonyl (C=O) groups excluding carboxylic acids is 1. The third kappa shape index (κ3) is 3.92. The maximum atomic E-state index is 12.1. The molecule has 0 radical (unpaired) electrons. The molecule has 2 N–H and O–H groups in total. The van der Waals surface area contributed by atoms with Gasteiger partial charge in [-0.1, -0.05) is 35.9 Å². The molecule has 0 aliphatic carbocycles. The summed E-state index contributed by atoms with van der Waals surface area (Å²) >= 11 is 6.05. The van der Waals surface area contributed by atoms with Gasteiger partial charge in [0.15, 0.2) is 0 Å². The summed E-state index contributed by atoms with van der Waals surface area (Å²) in [4.78, 5) is 12.1. The van der Waals surface area contributed by atoms with Gasteiger partial charge in [0, 0.05) is 17.6 Å². The van der Waals surface area contributed by atoms with Crippen molar-refractivity contribution >= 4 is 23.3 Å². The van der Waals surface area contributed by atoms with Crippen molar-refractivity contribution < 1.29 is 9.53 Å². The summed E-state index contributed by atoms with van der Waals surface area (Å²) in [5, 5.41) is 6.22. The minimum absolute atomic E-state index is 0.289. The second-order valence-electron chi connectivity index (χ2n) is 5.04. The van der Waals surface area contributed by atoms with Crippen LogP contribution in [0, 0.1) is 13.8 Å². The summed E-state index contributed by atoms with van der Waals surface area (Å²) in [6, 6.07) is 11.1. The van der Waals surface area contributed by atoms with E-state index in [-0.39, 0.29) is 6.03 Å². The molecule has 0 bridgehead atoms. The van der Waals surface area contributed by atoms with Crippen LogP contribution in [0.3, 0.4) is 0 Å². The third-order valence-corrected chi connectivity index (χ3v) is 3.84. The van der Waals surface area contributed by atoms with Crippen molar-refractivity contribution in [2.45, 2.75) is 20.4 Å². The molecule has 0 heterocycles. The Labute approximate surface area is 135 Å². The third-order valence-electron chi connectivity index (χ3n) is 3.43. The Morgan fingerprint density at radius 1 is 1.18 bits per heavy atom. The fourth-order valence-electron chi connectivity index (χ4n) is 2.08. The zero-order valence-electron chi connectivity index (χ0n) is 12.9. The van der Waals surface area contributed by atoms with E-state index in [9.17, 15) is 4.79 Å². The molecular formula is C17H19ClN2O2. The summed E-state index contributed by atoms with van der Waals surface area (Å²) in [7, 11) is 1.54. The Morgan fingerprint density at radius 3 is 2.59 bits per heavy atom. The molecule has 116 valence electrons. The van der Waals surface area contributed by atoms with E-state index in [0.29, 0.717) is 23.0 Å². The average molecular weight is 319 g/mol. The zero-order valence-corrected chi connectivity index (χ0v) is 13.6. The number of benzene rings is 2. The number of aryl methyl sites for hydroxylation is 2. The topological polar surface area (TPSA) is 50.4 Å². The van der Waals surface area contributed by atoms with E-state index in [0.717, 1.165) is 16.7 Å². The predicted octanol–water partition coefficient (Wildman–Crippen LogP) is 4.29. The van der Waals surface area contributed by atoms with E-state index >= 15 is 0 Å². The van der Waals surface area contributed by atoms with E-state index in [2.05, 4.69) is 10.6 Å². The Bertz CT molecular complexity index is 686. The van der Waals surface area contributed by atoms with Gasteiger partial charge in [0.2, 0.25) is 0 Å². The van der Waals surface area contributed by atoms with Crippen molar-refractivity contribution in [2.24, 2.45) is 0 Å². The summed E-state index contributed by atoms with van der Waals surface area (Å²) in [5.41, 5.74) is 3.68. The SMILES string of the molecule is COc1cc(Cl)c(C)cc1NC(=O)NCc1ccccc1C. The number of hydrogen-bond acceptors (Lipinski definition) is 2. The molecular weight excluding hydrogens is 300 g/mol. The monoisotopic (exact) mass is 318 g/mol. The van der Waals surface area contributed by atoms with Crippen molar-refractivity contribution in [3.8, 4) is 5.75 Å². The molecule has 0 saturated heterocycles. The van der Waals surface area contributed by atoms with Crippen LogP contribution in [0.4, 0.5) is 10.5 Å². The summed E-state index contributed by atoms with van der Waals surface area (Å²) < 4.78 is 5.24. The molecule has 5 heteroatoms. The molecule has 2 aromatic carbocycles. The van der Waals surface area contributed by atoms with Crippen molar-refractivity contribution in [3.63, 3.8) is 0 Å². The number of methoxy groups -OCH3 is 1. The van der Waals surface area contributed by atoms with Gasteiger partial charge in [-0.05, 0) is 36.6 Å². The molecule has 22 heavy (non-hydrogen) atoms. The smallest absolute Gasteiger partial charge is 0.319 e. The van der Waals surface area contributed by atoms with Gasteiger partial charge in [-0.15, -0.1) is 0 Å². The van der Waals surface area contributed by atoms with Crippen molar-refractivity contribution in [1.29, 1.82) is 0 Å². The number of urea groups is 1. The van der Waals surface area contributed by atoms with E-state index in [1.165, 1.54) is 7.11 Å². The molecule has 2 aromatic rings. The highest BCUT2D eigenvalue weighted by molar-refractivity contribution is 6.31. The molecule has 0 aromatic heterocycles. The molecule has 0 spiro atoms. The van der Waals surface area contributed by atoms with Crippen LogP contribution in [0.1, 0.15) is 16.7 Å². The average Bonchev–Trinajstić information content (AvgIpc) is 2.50. The highest BCUT2D eigenvalue weighted by Gasteiger charge is 2.10. The van der Waals surface area contributed by atoms with Gasteiger partial charge in [0.25, 0.3) is 0 Å². The second-order valence-corrected chi connectivity index (χ2v) is 5.44. The van der Waals surface area contributed by atoms with Gasteiger partial charge < -0.3 is 15.4 Å². The largest absolute Gasteiger partial charge is 0.495 e. The number of rotatable bonds is 4. The lowest BCUT2D eigenvalue weighted by Crippen LogP contribution is -2.28. The van der Waals surface area contributed by atoms with Gasteiger partial charge in [0.05, 0.1) is 12.8 Å². The lowest BCUT2D eigenvalue weighted by molar-refractivity contribution is 0.251. The number of ether oxygens (including phenoxy) is 1. The van der Waals surface area contributed by atoms with Gasteiger partial charge in [0.1, 0.15) is 5.75 Å². The minimum Gasteiger partial charge on any atom is -0.495 e. The van der Waals surface area contributed by atoms with Crippen LogP contribution in [0.15, 0.2) is 36.4 Å². The van der Waals surface area contributed by atoms with Crippen LogP contribution >= 0.6 is 11.6 Å². The molecule has 0 aliphatic heterocycles. The van der Waals surface area contributed by atoms with Gasteiger partial charge >= 0.3 is 6.03 Å². The summed E-state index contributed by atoms with van der Waals surface area (Å²) in [6.07, 6.45) is 0. The Morgan fingerprint density at radius 2 is 1.91 bits per heavy atom. The van der Waals surface area contributed by atoms with E-state index in [1.54, 1.807) is 12.1 Å². The Hall–Kier alpha value is -2.20. The van der Waals surface area contributed by atoms with E-state index in [4.69, 9.17) is 16.3 Å². The Balaban J connectivity index is 2.03. The van der Waals surface area contributed by atoms with E-state index < -0.39 is 0 Å². The van der Waals surface area contributed by atoms with Gasteiger partial charge in [-0.3, -0.25) is 0 Å². The maximum Gasteiger partial charge on any atom is 0.319 e. The highest BCUT2D eigenvalue weighted by atomic mass is 35.5. The zero-order chi connectivity index (χ0) is 16.1. The van der Waals surface area contributed by atoms with Crippen molar-refractivity contribution in [1.82, 2.24) is 5.32 Å². The standard InChI is InChI=1S/C17H19ClN2O2/c1-11-6-4-5-7-13(11)10-19-17(21)20-15-8-12(2)14(18)9-16(15)22-3/h4-9H,10H2,1-3H3,(H2,19,20,21). The van der Waals surface area contributed by atoms with Crippen molar-refractivity contribution in [2.75, 3.05) is 12.4 Å². The highest BCUT2D eigenvalue weighted by Crippen LogP contribution is 2.30. The molecule has 0 fully saturated rings.